The quantitative estimate of drug-likeness (QED) is 0.720. The van der Waals surface area contributed by atoms with Gasteiger partial charge in [0.15, 0.2) is 5.82 Å². The minimum absolute atomic E-state index is 0.668. The molecule has 0 atom stereocenters. The van der Waals surface area contributed by atoms with E-state index in [1.807, 2.05) is 31.8 Å². The van der Waals surface area contributed by atoms with Crippen LogP contribution in [0, 0.1) is 6.92 Å². The first kappa shape index (κ1) is 9.27. The summed E-state index contributed by atoms with van der Waals surface area (Å²) < 4.78 is 3.65. The monoisotopic (exact) mass is 210 g/mol. The predicted molar refractivity (Wildman–Crippen MR) is 55.2 cm³/mol. The molecule has 2 aromatic rings. The number of imidazole rings is 1. The van der Waals surface area contributed by atoms with Crippen molar-refractivity contribution >= 4 is 11.6 Å². The summed E-state index contributed by atoms with van der Waals surface area (Å²) in [5, 5.41) is 4.98. The molecule has 0 aliphatic carbocycles. The number of hydrogen-bond donors (Lipinski definition) is 0. The van der Waals surface area contributed by atoms with Crippen LogP contribution >= 0.6 is 11.6 Å². The Morgan fingerprint density at radius 3 is 2.50 bits per heavy atom. The zero-order valence-corrected chi connectivity index (χ0v) is 9.08. The lowest BCUT2D eigenvalue weighted by Gasteiger charge is -1.96. The number of aromatic nitrogens is 4. The Kier molecular flexibility index (Phi) is 2.07. The number of hydrogen-bond acceptors (Lipinski definition) is 2. The topological polar surface area (TPSA) is 35.6 Å². The van der Waals surface area contributed by atoms with Crippen molar-refractivity contribution in [3.63, 3.8) is 0 Å². The van der Waals surface area contributed by atoms with E-state index in [0.717, 1.165) is 17.2 Å². The number of rotatable bonds is 1. The average Bonchev–Trinajstić information content (AvgIpc) is 2.66. The summed E-state index contributed by atoms with van der Waals surface area (Å²) in [6, 6.07) is 0. The Labute approximate surface area is 87.1 Å². The molecule has 4 nitrogen and oxygen atoms in total. The lowest BCUT2D eigenvalue weighted by atomic mass is 10.3. The van der Waals surface area contributed by atoms with Crippen LogP contribution in [-0.2, 0) is 14.1 Å². The fourth-order valence-corrected chi connectivity index (χ4v) is 1.56. The maximum Gasteiger partial charge on any atom is 0.161 e. The van der Waals surface area contributed by atoms with E-state index in [4.69, 9.17) is 11.6 Å². The van der Waals surface area contributed by atoms with Crippen molar-refractivity contribution in [2.75, 3.05) is 0 Å². The lowest BCUT2D eigenvalue weighted by Crippen LogP contribution is -1.95. The van der Waals surface area contributed by atoms with Crippen LogP contribution < -0.4 is 0 Å². The highest BCUT2D eigenvalue weighted by Gasteiger charge is 2.15. The molecular formula is C9H11ClN4. The summed E-state index contributed by atoms with van der Waals surface area (Å²) in [5.41, 5.74) is 1.68. The zero-order chi connectivity index (χ0) is 10.3. The van der Waals surface area contributed by atoms with Crippen LogP contribution in [0.3, 0.4) is 0 Å². The van der Waals surface area contributed by atoms with Gasteiger partial charge in [-0.3, -0.25) is 4.68 Å². The molecule has 0 fully saturated rings. The Hall–Kier alpha value is -1.29. The van der Waals surface area contributed by atoms with Crippen LogP contribution in [0.15, 0.2) is 12.4 Å². The molecule has 0 radical (unpaired) electrons. The number of aryl methyl sites for hydroxylation is 2. The molecule has 0 bridgehead atoms. The van der Waals surface area contributed by atoms with Gasteiger partial charge in [-0.05, 0) is 6.92 Å². The normalized spacial score (nSPS) is 10.9. The summed E-state index contributed by atoms with van der Waals surface area (Å²) in [5.74, 6) is 0.790. The Morgan fingerprint density at radius 2 is 2.07 bits per heavy atom. The Bertz CT molecular complexity index is 469. The van der Waals surface area contributed by atoms with Gasteiger partial charge in [-0.15, -0.1) is 0 Å². The summed E-state index contributed by atoms with van der Waals surface area (Å²) in [6.45, 7) is 1.93. The van der Waals surface area contributed by atoms with Crippen LogP contribution in [-0.4, -0.2) is 19.3 Å². The van der Waals surface area contributed by atoms with Crippen LogP contribution in [0.1, 0.15) is 5.69 Å². The minimum Gasteiger partial charge on any atom is -0.333 e. The third-order valence-electron chi connectivity index (χ3n) is 2.29. The highest BCUT2D eigenvalue weighted by molar-refractivity contribution is 6.33. The lowest BCUT2D eigenvalue weighted by molar-refractivity contribution is 0.739. The standard InChI is InChI=1S/C9H11ClN4/c1-6-7(10)8(12-14(6)3)9-11-4-5-13(9)2/h4-5H,1-3H3. The van der Waals surface area contributed by atoms with Crippen LogP contribution in [0.2, 0.25) is 5.02 Å². The third kappa shape index (κ3) is 1.23. The molecule has 0 N–H and O–H groups in total. The van der Waals surface area contributed by atoms with Gasteiger partial charge >= 0.3 is 0 Å². The molecule has 2 rings (SSSR count). The van der Waals surface area contributed by atoms with Gasteiger partial charge < -0.3 is 4.57 Å². The predicted octanol–water partition coefficient (Wildman–Crippen LogP) is 1.78. The van der Waals surface area contributed by atoms with E-state index in [1.165, 1.54) is 0 Å². The molecular weight excluding hydrogens is 200 g/mol. The molecule has 0 spiro atoms. The van der Waals surface area contributed by atoms with E-state index in [9.17, 15) is 0 Å². The van der Waals surface area contributed by atoms with Gasteiger partial charge in [0.05, 0.1) is 10.7 Å². The zero-order valence-electron chi connectivity index (χ0n) is 8.32. The molecule has 2 aromatic heterocycles. The summed E-state index contributed by atoms with van der Waals surface area (Å²) in [4.78, 5) is 4.20. The number of halogens is 1. The third-order valence-corrected chi connectivity index (χ3v) is 2.75. The molecule has 0 saturated heterocycles. The van der Waals surface area contributed by atoms with Crippen LogP contribution in [0.4, 0.5) is 0 Å². The highest BCUT2D eigenvalue weighted by atomic mass is 35.5. The van der Waals surface area contributed by atoms with E-state index < -0.39 is 0 Å². The highest BCUT2D eigenvalue weighted by Crippen LogP contribution is 2.27. The van der Waals surface area contributed by atoms with E-state index in [1.54, 1.807) is 10.9 Å². The van der Waals surface area contributed by atoms with Gasteiger partial charge in [-0.2, -0.15) is 5.10 Å². The molecule has 5 heteroatoms. The molecule has 2 heterocycles. The molecule has 0 aliphatic rings. The van der Waals surface area contributed by atoms with Crippen molar-refractivity contribution in [1.29, 1.82) is 0 Å². The van der Waals surface area contributed by atoms with Gasteiger partial charge in [-0.25, -0.2) is 4.98 Å². The molecule has 74 valence electrons. The van der Waals surface area contributed by atoms with Gasteiger partial charge in [-0.1, -0.05) is 11.6 Å². The van der Waals surface area contributed by atoms with Crippen LogP contribution in [0.25, 0.3) is 11.5 Å². The maximum atomic E-state index is 6.14. The van der Waals surface area contributed by atoms with Crippen molar-refractivity contribution in [2.24, 2.45) is 14.1 Å². The number of nitrogens with zero attached hydrogens (tertiary/aromatic N) is 4. The smallest absolute Gasteiger partial charge is 0.161 e. The summed E-state index contributed by atoms with van der Waals surface area (Å²) >= 11 is 6.14. The molecule has 0 saturated carbocycles. The van der Waals surface area contributed by atoms with Crippen molar-refractivity contribution < 1.29 is 0 Å². The van der Waals surface area contributed by atoms with E-state index >= 15 is 0 Å². The maximum absolute atomic E-state index is 6.14. The molecule has 0 amide bonds. The summed E-state index contributed by atoms with van der Waals surface area (Å²) in [6.07, 6.45) is 3.60. The van der Waals surface area contributed by atoms with E-state index in [-0.39, 0.29) is 0 Å². The first-order valence-corrected chi connectivity index (χ1v) is 4.66. The molecule has 0 aliphatic heterocycles. The molecule has 0 aromatic carbocycles. The Morgan fingerprint density at radius 1 is 1.36 bits per heavy atom. The summed E-state index contributed by atoms with van der Waals surface area (Å²) in [7, 11) is 3.79. The van der Waals surface area contributed by atoms with Crippen molar-refractivity contribution in [3.8, 4) is 11.5 Å². The fourth-order valence-electron chi connectivity index (χ4n) is 1.32. The van der Waals surface area contributed by atoms with Crippen LogP contribution in [0.5, 0.6) is 0 Å². The minimum atomic E-state index is 0.668. The largest absolute Gasteiger partial charge is 0.333 e. The van der Waals surface area contributed by atoms with Crippen molar-refractivity contribution in [1.82, 2.24) is 19.3 Å². The van der Waals surface area contributed by atoms with Gasteiger partial charge in [0, 0.05) is 26.5 Å². The van der Waals surface area contributed by atoms with E-state index in [0.29, 0.717) is 5.02 Å². The first-order valence-electron chi connectivity index (χ1n) is 4.28. The van der Waals surface area contributed by atoms with Crippen molar-refractivity contribution in [3.05, 3.63) is 23.1 Å². The van der Waals surface area contributed by atoms with Gasteiger partial charge in [0.2, 0.25) is 0 Å². The van der Waals surface area contributed by atoms with Gasteiger partial charge in [0.25, 0.3) is 0 Å². The van der Waals surface area contributed by atoms with Crippen molar-refractivity contribution in [2.45, 2.75) is 6.92 Å². The Balaban J connectivity index is 2.63. The molecule has 0 unspecified atom stereocenters. The average molecular weight is 211 g/mol. The van der Waals surface area contributed by atoms with Gasteiger partial charge in [0.1, 0.15) is 5.69 Å². The molecule has 14 heavy (non-hydrogen) atoms. The second-order valence-electron chi connectivity index (χ2n) is 3.23. The fraction of sp³-hybridized carbons (Fsp3) is 0.333. The van der Waals surface area contributed by atoms with E-state index in [2.05, 4.69) is 10.1 Å². The SMILES string of the molecule is Cc1c(Cl)c(-c2nccn2C)nn1C. The first-order chi connectivity index (χ1) is 6.61. The second kappa shape index (κ2) is 3.13. The second-order valence-corrected chi connectivity index (χ2v) is 3.61.